The van der Waals surface area contributed by atoms with Crippen molar-refractivity contribution in [2.45, 2.75) is 26.8 Å². The van der Waals surface area contributed by atoms with E-state index in [1.807, 2.05) is 24.3 Å². The molecule has 0 fully saturated rings. The van der Waals surface area contributed by atoms with Crippen LogP contribution >= 0.6 is 0 Å². The highest BCUT2D eigenvalue weighted by Gasteiger charge is 2.12. The van der Waals surface area contributed by atoms with Crippen LogP contribution in [0.4, 0.5) is 0 Å². The van der Waals surface area contributed by atoms with E-state index in [1.165, 1.54) is 0 Å². The van der Waals surface area contributed by atoms with E-state index in [4.69, 9.17) is 5.11 Å². The average Bonchev–Trinajstić information content (AvgIpc) is 2.37. The van der Waals surface area contributed by atoms with Crippen molar-refractivity contribution >= 4 is 5.97 Å². The van der Waals surface area contributed by atoms with Crippen molar-refractivity contribution in [1.82, 2.24) is 9.80 Å². The van der Waals surface area contributed by atoms with E-state index in [0.29, 0.717) is 5.92 Å². The number of nitrogens with zero attached hydrogens (tertiary/aromatic N) is 2. The van der Waals surface area contributed by atoms with Gasteiger partial charge < -0.3 is 10.0 Å². The number of carboxylic acids is 1. The number of hydrogen-bond donors (Lipinski definition) is 1. The van der Waals surface area contributed by atoms with Gasteiger partial charge in [-0.1, -0.05) is 38.1 Å². The molecule has 0 aliphatic carbocycles. The van der Waals surface area contributed by atoms with Crippen molar-refractivity contribution in [2.24, 2.45) is 5.92 Å². The normalized spacial score (nSPS) is 11.6. The van der Waals surface area contributed by atoms with E-state index in [-0.39, 0.29) is 6.42 Å². The van der Waals surface area contributed by atoms with Gasteiger partial charge in [0.25, 0.3) is 0 Å². The number of benzene rings is 1. The predicted molar refractivity (Wildman–Crippen MR) is 86.5 cm³/mol. The molecule has 0 spiro atoms. The fraction of sp³-hybridized carbons (Fsp3) is 0.588. The zero-order valence-electron chi connectivity index (χ0n) is 13.7. The molecule has 0 aliphatic heterocycles. The van der Waals surface area contributed by atoms with Crippen molar-refractivity contribution in [3.63, 3.8) is 0 Å². The molecular weight excluding hydrogens is 264 g/mol. The van der Waals surface area contributed by atoms with Gasteiger partial charge in [-0.05, 0) is 31.1 Å². The summed E-state index contributed by atoms with van der Waals surface area (Å²) in [5.41, 5.74) is 2.04. The number of hydrogen-bond acceptors (Lipinski definition) is 3. The van der Waals surface area contributed by atoms with E-state index >= 15 is 0 Å². The standard InChI is InChI=1S/C17H28N2O2/c1-14(2)12-19(10-9-18(3)4)13-16-8-6-5-7-15(16)11-17(20)21/h5-8,14H,9-13H2,1-4H3,(H,20,21). The van der Waals surface area contributed by atoms with Crippen LogP contribution in [0.5, 0.6) is 0 Å². The second-order valence-corrected chi connectivity index (χ2v) is 6.27. The largest absolute Gasteiger partial charge is 0.481 e. The van der Waals surface area contributed by atoms with Crippen molar-refractivity contribution < 1.29 is 9.90 Å². The Kier molecular flexibility index (Phi) is 7.40. The third-order valence-corrected chi connectivity index (χ3v) is 3.34. The highest BCUT2D eigenvalue weighted by molar-refractivity contribution is 5.70. The molecule has 0 bridgehead atoms. The number of carboxylic acid groups (broad SMARTS) is 1. The van der Waals surface area contributed by atoms with Gasteiger partial charge in [0, 0.05) is 26.2 Å². The molecule has 0 atom stereocenters. The van der Waals surface area contributed by atoms with Gasteiger partial charge >= 0.3 is 5.97 Å². The summed E-state index contributed by atoms with van der Waals surface area (Å²) in [5, 5.41) is 9.03. The van der Waals surface area contributed by atoms with Crippen LogP contribution in [-0.4, -0.2) is 54.6 Å². The molecule has 0 aromatic heterocycles. The highest BCUT2D eigenvalue weighted by atomic mass is 16.4. The van der Waals surface area contributed by atoms with Crippen molar-refractivity contribution in [3.05, 3.63) is 35.4 Å². The molecule has 1 aromatic rings. The van der Waals surface area contributed by atoms with Gasteiger partial charge in [-0.3, -0.25) is 9.69 Å². The van der Waals surface area contributed by atoms with E-state index in [9.17, 15) is 4.79 Å². The number of carbonyl (C=O) groups is 1. The smallest absolute Gasteiger partial charge is 0.307 e. The minimum atomic E-state index is -0.772. The molecule has 0 saturated heterocycles. The van der Waals surface area contributed by atoms with Crippen molar-refractivity contribution in [2.75, 3.05) is 33.7 Å². The predicted octanol–water partition coefficient (Wildman–Crippen LogP) is 2.33. The summed E-state index contributed by atoms with van der Waals surface area (Å²) in [6.45, 7) is 8.27. The molecule has 4 nitrogen and oxygen atoms in total. The molecular formula is C17H28N2O2. The van der Waals surface area contributed by atoms with Crippen LogP contribution in [0.1, 0.15) is 25.0 Å². The van der Waals surface area contributed by atoms with Gasteiger partial charge in [-0.2, -0.15) is 0 Å². The van der Waals surface area contributed by atoms with Gasteiger partial charge in [0.05, 0.1) is 6.42 Å². The van der Waals surface area contributed by atoms with Crippen molar-refractivity contribution in [1.29, 1.82) is 0 Å². The monoisotopic (exact) mass is 292 g/mol. The lowest BCUT2D eigenvalue weighted by Gasteiger charge is -2.26. The maximum absolute atomic E-state index is 11.0. The number of rotatable bonds is 9. The molecule has 0 unspecified atom stereocenters. The van der Waals surface area contributed by atoms with E-state index in [2.05, 4.69) is 37.7 Å². The molecule has 1 aromatic carbocycles. The average molecular weight is 292 g/mol. The van der Waals surface area contributed by atoms with Crippen LogP contribution in [-0.2, 0) is 17.8 Å². The van der Waals surface area contributed by atoms with Gasteiger partial charge in [0.15, 0.2) is 0 Å². The Hall–Kier alpha value is -1.39. The molecule has 0 heterocycles. The van der Waals surface area contributed by atoms with E-state index in [1.54, 1.807) is 0 Å². The Bertz CT molecular complexity index is 444. The Morgan fingerprint density at radius 3 is 2.29 bits per heavy atom. The summed E-state index contributed by atoms with van der Waals surface area (Å²) in [6.07, 6.45) is 0.0966. The molecule has 0 amide bonds. The summed E-state index contributed by atoms with van der Waals surface area (Å²) in [4.78, 5) is 15.6. The van der Waals surface area contributed by atoms with Gasteiger partial charge in [0.1, 0.15) is 0 Å². The van der Waals surface area contributed by atoms with Crippen LogP contribution in [0.3, 0.4) is 0 Å². The maximum atomic E-state index is 11.0. The Morgan fingerprint density at radius 1 is 1.14 bits per heavy atom. The zero-order chi connectivity index (χ0) is 15.8. The first-order chi connectivity index (χ1) is 9.88. The molecule has 0 saturated carbocycles. The molecule has 4 heteroatoms. The Labute approximate surface area is 128 Å². The second-order valence-electron chi connectivity index (χ2n) is 6.27. The maximum Gasteiger partial charge on any atom is 0.307 e. The summed E-state index contributed by atoms with van der Waals surface area (Å²) in [7, 11) is 4.15. The Morgan fingerprint density at radius 2 is 1.76 bits per heavy atom. The van der Waals surface area contributed by atoms with Crippen LogP contribution < -0.4 is 0 Å². The first-order valence-corrected chi connectivity index (χ1v) is 7.54. The lowest BCUT2D eigenvalue weighted by molar-refractivity contribution is -0.136. The number of likely N-dealkylation sites (N-methyl/N-ethyl adjacent to an activating group) is 1. The molecule has 118 valence electrons. The van der Waals surface area contributed by atoms with Gasteiger partial charge in [-0.25, -0.2) is 0 Å². The fourth-order valence-corrected chi connectivity index (χ4v) is 2.38. The van der Waals surface area contributed by atoms with E-state index < -0.39 is 5.97 Å². The highest BCUT2D eigenvalue weighted by Crippen LogP contribution is 2.14. The van der Waals surface area contributed by atoms with Gasteiger partial charge in [-0.15, -0.1) is 0 Å². The molecule has 0 aliphatic rings. The molecule has 0 radical (unpaired) electrons. The SMILES string of the molecule is CC(C)CN(CCN(C)C)Cc1ccccc1CC(=O)O. The quantitative estimate of drug-likeness (QED) is 0.758. The van der Waals surface area contributed by atoms with Crippen molar-refractivity contribution in [3.8, 4) is 0 Å². The lowest BCUT2D eigenvalue weighted by atomic mass is 10.0. The first-order valence-electron chi connectivity index (χ1n) is 7.54. The van der Waals surface area contributed by atoms with Crippen LogP contribution in [0.15, 0.2) is 24.3 Å². The third-order valence-electron chi connectivity index (χ3n) is 3.34. The van der Waals surface area contributed by atoms with Gasteiger partial charge in [0.2, 0.25) is 0 Å². The third kappa shape index (κ3) is 7.25. The first kappa shape index (κ1) is 17.7. The molecule has 1 N–H and O–H groups in total. The summed E-state index contributed by atoms with van der Waals surface area (Å²) < 4.78 is 0. The zero-order valence-corrected chi connectivity index (χ0v) is 13.7. The summed E-state index contributed by atoms with van der Waals surface area (Å²) >= 11 is 0. The fourth-order valence-electron chi connectivity index (χ4n) is 2.38. The van der Waals surface area contributed by atoms with Crippen LogP contribution in [0.2, 0.25) is 0 Å². The minimum Gasteiger partial charge on any atom is -0.481 e. The lowest BCUT2D eigenvalue weighted by Crippen LogP contribution is -2.34. The van der Waals surface area contributed by atoms with Crippen LogP contribution in [0, 0.1) is 5.92 Å². The summed E-state index contributed by atoms with van der Waals surface area (Å²) in [5.74, 6) is -0.176. The topological polar surface area (TPSA) is 43.8 Å². The molecule has 1 rings (SSSR count). The van der Waals surface area contributed by atoms with E-state index in [0.717, 1.165) is 37.3 Å². The van der Waals surface area contributed by atoms with Crippen LogP contribution in [0.25, 0.3) is 0 Å². The molecule has 21 heavy (non-hydrogen) atoms. The second kappa shape index (κ2) is 8.80. The minimum absolute atomic E-state index is 0.0966. The number of aliphatic carboxylic acids is 1. The Balaban J connectivity index is 2.79. The summed E-state index contributed by atoms with van der Waals surface area (Å²) in [6, 6.07) is 7.86.